The topological polar surface area (TPSA) is 33.5 Å². The van der Waals surface area contributed by atoms with Gasteiger partial charge in [0.25, 0.3) is 0 Å². The number of ether oxygens (including phenoxy) is 1. The van der Waals surface area contributed by atoms with Crippen LogP contribution in [0.4, 0.5) is 11.4 Å². The Balaban J connectivity index is 0.00000448. The van der Waals surface area contributed by atoms with Crippen LogP contribution in [0.25, 0.3) is 27.6 Å². The largest absolute Gasteiger partial charge is 0.509 e. The molecule has 6 heteroatoms. The Kier molecular flexibility index (Phi) is 9.53. The molecular formula is C45H47N4OPt-3. The van der Waals surface area contributed by atoms with Gasteiger partial charge in [0.15, 0.2) is 0 Å². The summed E-state index contributed by atoms with van der Waals surface area (Å²) in [5.74, 6) is 2.11. The summed E-state index contributed by atoms with van der Waals surface area (Å²) in [5.41, 5.74) is 9.10. The van der Waals surface area contributed by atoms with E-state index in [1.165, 1.54) is 28.1 Å². The Morgan fingerprint density at radius 3 is 2.10 bits per heavy atom. The quantitative estimate of drug-likeness (QED) is 0.162. The molecule has 3 heterocycles. The molecule has 0 spiro atoms. The minimum Gasteiger partial charge on any atom is -0.509 e. The van der Waals surface area contributed by atoms with E-state index in [9.17, 15) is 0 Å². The summed E-state index contributed by atoms with van der Waals surface area (Å²) in [7, 11) is 0. The second-order valence-corrected chi connectivity index (χ2v) is 16.5. The van der Waals surface area contributed by atoms with E-state index < -0.39 is 0 Å². The number of para-hydroxylation sites is 1. The van der Waals surface area contributed by atoms with Gasteiger partial charge < -0.3 is 19.1 Å². The summed E-state index contributed by atoms with van der Waals surface area (Å²) in [4.78, 5) is 9.27. The first-order valence-corrected chi connectivity index (χ1v) is 17.5. The molecule has 0 saturated heterocycles. The van der Waals surface area contributed by atoms with Gasteiger partial charge in [-0.1, -0.05) is 98.2 Å². The zero-order valence-electron chi connectivity index (χ0n) is 31.3. The maximum atomic E-state index is 6.50. The summed E-state index contributed by atoms with van der Waals surface area (Å²) >= 11 is 0. The molecule has 51 heavy (non-hydrogen) atoms. The van der Waals surface area contributed by atoms with Crippen LogP contribution in [-0.2, 0) is 31.9 Å². The van der Waals surface area contributed by atoms with Gasteiger partial charge in [0.05, 0.1) is 0 Å². The fourth-order valence-electron chi connectivity index (χ4n) is 6.63. The molecule has 0 aliphatic carbocycles. The number of fused-ring (bicyclic) bond motifs is 3. The third-order valence-corrected chi connectivity index (χ3v) is 9.50. The first-order chi connectivity index (χ1) is 23.6. The third kappa shape index (κ3) is 7.11. The zero-order chi connectivity index (χ0) is 35.6. The van der Waals surface area contributed by atoms with Crippen molar-refractivity contribution in [2.45, 2.75) is 80.1 Å². The molecule has 4 aromatic carbocycles. The number of aromatic nitrogens is 2. The van der Waals surface area contributed by atoms with Crippen molar-refractivity contribution in [1.82, 2.24) is 9.55 Å². The van der Waals surface area contributed by atoms with Crippen LogP contribution in [0, 0.1) is 31.1 Å². The number of aryl methyl sites for hydroxylation is 1. The molecular weight excluding hydrogens is 808 g/mol. The molecule has 1 aliphatic heterocycles. The second-order valence-electron chi connectivity index (χ2n) is 16.5. The predicted molar refractivity (Wildman–Crippen MR) is 208 cm³/mol. The van der Waals surface area contributed by atoms with Crippen molar-refractivity contribution in [2.24, 2.45) is 5.41 Å². The predicted octanol–water partition coefficient (Wildman–Crippen LogP) is 11.8. The monoisotopic (exact) mass is 854 g/mol. The maximum absolute atomic E-state index is 6.50. The van der Waals surface area contributed by atoms with Gasteiger partial charge in [0.1, 0.15) is 5.82 Å². The van der Waals surface area contributed by atoms with Crippen molar-refractivity contribution in [3.63, 3.8) is 0 Å². The molecule has 0 amide bonds. The molecule has 5 nitrogen and oxygen atoms in total. The zero-order valence-corrected chi connectivity index (χ0v) is 33.6. The summed E-state index contributed by atoms with van der Waals surface area (Å²) in [5, 5.41) is 2.26. The molecule has 2 aromatic heterocycles. The standard InChI is InChI=1S/C45H47N4O.Pt/c1-30-24-31(43(2,3)4)18-21-38(30)48-29-47(28-41(48)45(8,9)10)33-14-13-15-34(26-33)50-35-19-20-37-36-16-11-12-17-39(36)49(40(37)27-35)42-25-32(22-23-46-42)44(5,6)7;/h11-25,28-29H,1-10H3;/q-3;. The van der Waals surface area contributed by atoms with Gasteiger partial charge in [0.2, 0.25) is 0 Å². The van der Waals surface area contributed by atoms with Crippen molar-refractivity contribution >= 4 is 33.2 Å². The molecule has 0 N–H and O–H groups in total. The van der Waals surface area contributed by atoms with Gasteiger partial charge in [-0.05, 0) is 70.3 Å². The fourth-order valence-corrected chi connectivity index (χ4v) is 6.63. The van der Waals surface area contributed by atoms with E-state index >= 15 is 0 Å². The Hall–Kier alpha value is -4.34. The smallest absolute Gasteiger partial charge is 0.135 e. The minimum atomic E-state index is -0.0847. The van der Waals surface area contributed by atoms with Gasteiger partial charge in [-0.15, -0.1) is 48.1 Å². The van der Waals surface area contributed by atoms with Crippen molar-refractivity contribution in [1.29, 1.82) is 0 Å². The Morgan fingerprint density at radius 1 is 0.686 bits per heavy atom. The minimum absolute atomic E-state index is 0. The van der Waals surface area contributed by atoms with E-state index in [2.05, 4.69) is 175 Å². The van der Waals surface area contributed by atoms with Crippen LogP contribution in [0.3, 0.4) is 0 Å². The first-order valence-electron chi connectivity index (χ1n) is 17.5. The summed E-state index contributed by atoms with van der Waals surface area (Å²) < 4.78 is 8.69. The van der Waals surface area contributed by atoms with Crippen LogP contribution in [0.5, 0.6) is 11.5 Å². The van der Waals surface area contributed by atoms with Crippen LogP contribution < -0.4 is 14.5 Å². The van der Waals surface area contributed by atoms with Gasteiger partial charge >= 0.3 is 0 Å². The molecule has 0 saturated carbocycles. The number of benzene rings is 4. The van der Waals surface area contributed by atoms with Gasteiger partial charge in [-0.3, -0.25) is 0 Å². The average molecular weight is 855 g/mol. The first kappa shape index (κ1) is 36.4. The molecule has 0 unspecified atom stereocenters. The van der Waals surface area contributed by atoms with Gasteiger partial charge in [-0.25, -0.2) is 4.98 Å². The molecule has 0 atom stereocenters. The van der Waals surface area contributed by atoms with Crippen molar-refractivity contribution < 1.29 is 25.8 Å². The Bertz CT molecular complexity index is 2260. The van der Waals surface area contributed by atoms with Crippen LogP contribution in [0.1, 0.15) is 79.0 Å². The SMILES string of the molecule is Cc1cc(C(C)(C)C)ccc1N1[CH-]N(c2[c-]c(Oc3[c-]c4c(cc3)c3ccccc3n4-c3cc(C(C)(C)C)ccn3)ccc2)C=C1C(C)(C)C.[Pt]. The fraction of sp³-hybridized carbons (Fsp3) is 0.289. The molecule has 6 aromatic rings. The molecule has 0 bridgehead atoms. The molecule has 266 valence electrons. The number of rotatable bonds is 5. The molecule has 7 rings (SSSR count). The van der Waals surface area contributed by atoms with Crippen LogP contribution in [0.2, 0.25) is 0 Å². The van der Waals surface area contributed by atoms with E-state index in [4.69, 9.17) is 9.72 Å². The maximum Gasteiger partial charge on any atom is 0.135 e. The average Bonchev–Trinajstić information content (AvgIpc) is 3.64. The number of hydrogen-bond donors (Lipinski definition) is 0. The van der Waals surface area contributed by atoms with Gasteiger partial charge in [0, 0.05) is 61.1 Å². The number of anilines is 2. The van der Waals surface area contributed by atoms with Crippen molar-refractivity contribution in [3.05, 3.63) is 139 Å². The van der Waals surface area contributed by atoms with E-state index in [1.807, 2.05) is 24.4 Å². The normalized spacial score (nSPS) is 13.9. The summed E-state index contributed by atoms with van der Waals surface area (Å²) in [6.45, 7) is 24.6. The number of hydrogen-bond acceptors (Lipinski definition) is 4. The molecule has 0 radical (unpaired) electrons. The second kappa shape index (κ2) is 13.3. The van der Waals surface area contributed by atoms with Crippen LogP contribution in [0.15, 0.2) is 103 Å². The molecule has 0 fully saturated rings. The Labute approximate surface area is 318 Å². The third-order valence-electron chi connectivity index (χ3n) is 9.50. The van der Waals surface area contributed by atoms with Crippen LogP contribution in [-0.4, -0.2) is 9.55 Å². The van der Waals surface area contributed by atoms with Crippen molar-refractivity contribution in [3.8, 4) is 17.3 Å². The van der Waals surface area contributed by atoms with Gasteiger partial charge in [-0.2, -0.15) is 12.1 Å². The number of nitrogens with zero attached hydrogens (tertiary/aromatic N) is 4. The summed E-state index contributed by atoms with van der Waals surface area (Å²) in [6, 6.07) is 36.8. The van der Waals surface area contributed by atoms with E-state index in [-0.39, 0.29) is 37.3 Å². The number of allylic oxidation sites excluding steroid dienone is 1. The van der Waals surface area contributed by atoms with E-state index in [1.54, 1.807) is 0 Å². The van der Waals surface area contributed by atoms with E-state index in [0.29, 0.717) is 11.5 Å². The summed E-state index contributed by atoms with van der Waals surface area (Å²) in [6.07, 6.45) is 4.11. The Morgan fingerprint density at radius 2 is 1.39 bits per heavy atom. The van der Waals surface area contributed by atoms with Crippen molar-refractivity contribution in [2.75, 3.05) is 9.80 Å². The van der Waals surface area contributed by atoms with Crippen LogP contribution >= 0.6 is 0 Å². The number of pyridine rings is 1. The molecule has 1 aliphatic rings. The van der Waals surface area contributed by atoms with E-state index in [0.717, 1.165) is 33.3 Å².